The van der Waals surface area contributed by atoms with E-state index in [0.29, 0.717) is 12.6 Å². The molecule has 1 rings (SSSR count). The first-order valence-electron chi connectivity index (χ1n) is 7.30. The number of hydrogen-bond donors (Lipinski definition) is 2. The molecular formula is C16H27N3O. The molecule has 1 atom stereocenters. The molecule has 4 heteroatoms. The maximum absolute atomic E-state index is 12.0. The fourth-order valence-electron chi connectivity index (χ4n) is 1.95. The van der Waals surface area contributed by atoms with Crippen molar-refractivity contribution >= 4 is 11.6 Å². The minimum absolute atomic E-state index is 0.0805. The summed E-state index contributed by atoms with van der Waals surface area (Å²) in [5.41, 5.74) is 7.69. The van der Waals surface area contributed by atoms with Gasteiger partial charge >= 0.3 is 0 Å². The normalized spacial score (nSPS) is 12.7. The average Bonchev–Trinajstić information content (AvgIpc) is 2.37. The number of amides is 1. The standard InChI is InChI=1S/C16H27N3O/c1-5-13(4)18-16(20)11-19(12(2)3)10-14-7-6-8-15(17)9-14/h6-9,12-13H,5,10-11,17H2,1-4H3,(H,18,20). The Morgan fingerprint density at radius 2 is 2.05 bits per heavy atom. The third-order valence-electron chi connectivity index (χ3n) is 3.43. The van der Waals surface area contributed by atoms with E-state index in [1.165, 1.54) is 0 Å². The summed E-state index contributed by atoms with van der Waals surface area (Å²) in [6.07, 6.45) is 0.947. The first-order valence-corrected chi connectivity index (χ1v) is 7.30. The number of nitrogen functional groups attached to an aromatic ring is 1. The summed E-state index contributed by atoms with van der Waals surface area (Å²) in [4.78, 5) is 14.2. The summed E-state index contributed by atoms with van der Waals surface area (Å²) in [6.45, 7) is 9.44. The van der Waals surface area contributed by atoms with E-state index in [0.717, 1.165) is 24.2 Å². The van der Waals surface area contributed by atoms with Crippen LogP contribution in [0.4, 0.5) is 5.69 Å². The lowest BCUT2D eigenvalue weighted by molar-refractivity contribution is -0.123. The molecule has 0 bridgehead atoms. The van der Waals surface area contributed by atoms with E-state index < -0.39 is 0 Å². The van der Waals surface area contributed by atoms with Gasteiger partial charge in [0, 0.05) is 24.3 Å². The summed E-state index contributed by atoms with van der Waals surface area (Å²) in [6, 6.07) is 8.35. The van der Waals surface area contributed by atoms with Gasteiger partial charge in [-0.3, -0.25) is 9.69 Å². The zero-order chi connectivity index (χ0) is 15.1. The monoisotopic (exact) mass is 277 g/mol. The highest BCUT2D eigenvalue weighted by Gasteiger charge is 2.15. The number of anilines is 1. The van der Waals surface area contributed by atoms with Crippen molar-refractivity contribution in [1.82, 2.24) is 10.2 Å². The summed E-state index contributed by atoms with van der Waals surface area (Å²) < 4.78 is 0. The third-order valence-corrected chi connectivity index (χ3v) is 3.43. The van der Waals surface area contributed by atoms with Crippen LogP contribution in [0.2, 0.25) is 0 Å². The molecule has 1 aromatic carbocycles. The van der Waals surface area contributed by atoms with Crippen LogP contribution in [-0.2, 0) is 11.3 Å². The second kappa shape index (κ2) is 7.90. The van der Waals surface area contributed by atoms with Gasteiger partial charge in [-0.2, -0.15) is 0 Å². The Bertz CT molecular complexity index is 431. The fraction of sp³-hybridized carbons (Fsp3) is 0.562. The molecule has 112 valence electrons. The van der Waals surface area contributed by atoms with E-state index >= 15 is 0 Å². The number of benzene rings is 1. The zero-order valence-corrected chi connectivity index (χ0v) is 13.0. The highest BCUT2D eigenvalue weighted by Crippen LogP contribution is 2.11. The molecule has 20 heavy (non-hydrogen) atoms. The Hall–Kier alpha value is -1.55. The first-order chi connectivity index (χ1) is 9.42. The van der Waals surface area contributed by atoms with Gasteiger partial charge in [-0.25, -0.2) is 0 Å². The lowest BCUT2D eigenvalue weighted by Crippen LogP contribution is -2.43. The molecule has 4 nitrogen and oxygen atoms in total. The predicted molar refractivity (Wildman–Crippen MR) is 84.3 cm³/mol. The number of nitrogens with one attached hydrogen (secondary N) is 1. The number of carbonyl (C=O) groups excluding carboxylic acids is 1. The average molecular weight is 277 g/mol. The summed E-state index contributed by atoms with van der Waals surface area (Å²) in [7, 11) is 0. The predicted octanol–water partition coefficient (Wildman–Crippen LogP) is 2.39. The topological polar surface area (TPSA) is 58.4 Å². The van der Waals surface area contributed by atoms with Gasteiger partial charge in [-0.05, 0) is 44.9 Å². The first kappa shape index (κ1) is 16.5. The molecular weight excluding hydrogens is 250 g/mol. The van der Waals surface area contributed by atoms with Gasteiger partial charge in [-0.15, -0.1) is 0 Å². The summed E-state index contributed by atoms with van der Waals surface area (Å²) >= 11 is 0. The number of carbonyl (C=O) groups is 1. The fourth-order valence-corrected chi connectivity index (χ4v) is 1.95. The molecule has 0 spiro atoms. The lowest BCUT2D eigenvalue weighted by atomic mass is 10.1. The molecule has 0 saturated heterocycles. The zero-order valence-electron chi connectivity index (χ0n) is 13.0. The van der Waals surface area contributed by atoms with Crippen molar-refractivity contribution in [1.29, 1.82) is 0 Å². The van der Waals surface area contributed by atoms with Crippen LogP contribution < -0.4 is 11.1 Å². The Balaban J connectivity index is 2.63. The van der Waals surface area contributed by atoms with Crippen molar-refractivity contribution in [2.75, 3.05) is 12.3 Å². The van der Waals surface area contributed by atoms with E-state index in [4.69, 9.17) is 5.73 Å². The molecule has 0 aliphatic heterocycles. The molecule has 3 N–H and O–H groups in total. The molecule has 0 aliphatic rings. The highest BCUT2D eigenvalue weighted by molar-refractivity contribution is 5.78. The van der Waals surface area contributed by atoms with Crippen molar-refractivity contribution in [3.8, 4) is 0 Å². The van der Waals surface area contributed by atoms with Crippen LogP contribution in [0.25, 0.3) is 0 Å². The van der Waals surface area contributed by atoms with Gasteiger partial charge in [0.25, 0.3) is 0 Å². The number of nitrogens with two attached hydrogens (primary N) is 1. The van der Waals surface area contributed by atoms with Crippen LogP contribution in [0.15, 0.2) is 24.3 Å². The highest BCUT2D eigenvalue weighted by atomic mass is 16.2. The third kappa shape index (κ3) is 5.61. The number of nitrogens with zero attached hydrogens (tertiary/aromatic N) is 1. The van der Waals surface area contributed by atoms with Crippen LogP contribution in [0.3, 0.4) is 0 Å². The van der Waals surface area contributed by atoms with Crippen molar-refractivity contribution in [2.24, 2.45) is 0 Å². The molecule has 1 unspecified atom stereocenters. The second-order valence-electron chi connectivity index (χ2n) is 5.62. The maximum Gasteiger partial charge on any atom is 0.234 e. The Labute approximate surface area is 122 Å². The minimum Gasteiger partial charge on any atom is -0.399 e. The van der Waals surface area contributed by atoms with Crippen LogP contribution >= 0.6 is 0 Å². The van der Waals surface area contributed by atoms with Gasteiger partial charge in [-0.1, -0.05) is 19.1 Å². The van der Waals surface area contributed by atoms with Crippen molar-refractivity contribution < 1.29 is 4.79 Å². The number of hydrogen-bond acceptors (Lipinski definition) is 3. The van der Waals surface area contributed by atoms with Gasteiger partial charge in [0.2, 0.25) is 5.91 Å². The Morgan fingerprint density at radius 3 is 2.60 bits per heavy atom. The van der Waals surface area contributed by atoms with E-state index in [-0.39, 0.29) is 11.9 Å². The maximum atomic E-state index is 12.0. The SMILES string of the molecule is CCC(C)NC(=O)CN(Cc1cccc(N)c1)C(C)C. The van der Waals surface area contributed by atoms with Gasteiger partial charge in [0.15, 0.2) is 0 Å². The smallest absolute Gasteiger partial charge is 0.234 e. The molecule has 1 amide bonds. The number of rotatable bonds is 7. The van der Waals surface area contributed by atoms with Gasteiger partial charge < -0.3 is 11.1 Å². The van der Waals surface area contributed by atoms with Crippen molar-refractivity contribution in [3.05, 3.63) is 29.8 Å². The molecule has 1 aromatic rings. The van der Waals surface area contributed by atoms with E-state index in [2.05, 4.69) is 31.0 Å². The molecule has 0 fully saturated rings. The molecule has 0 aliphatic carbocycles. The molecule has 0 radical (unpaired) electrons. The van der Waals surface area contributed by atoms with E-state index in [9.17, 15) is 4.79 Å². The Kier molecular flexibility index (Phi) is 6.52. The van der Waals surface area contributed by atoms with Crippen LogP contribution in [0, 0.1) is 0 Å². The van der Waals surface area contributed by atoms with Gasteiger partial charge in [0.05, 0.1) is 6.54 Å². The van der Waals surface area contributed by atoms with Crippen molar-refractivity contribution in [3.63, 3.8) is 0 Å². The van der Waals surface area contributed by atoms with Crippen molar-refractivity contribution in [2.45, 2.75) is 52.7 Å². The summed E-state index contributed by atoms with van der Waals surface area (Å²) in [5, 5.41) is 3.01. The van der Waals surface area contributed by atoms with E-state index in [1.54, 1.807) is 0 Å². The largest absolute Gasteiger partial charge is 0.399 e. The molecule has 0 heterocycles. The Morgan fingerprint density at radius 1 is 1.35 bits per heavy atom. The van der Waals surface area contributed by atoms with Crippen LogP contribution in [0.1, 0.15) is 39.7 Å². The summed E-state index contributed by atoms with van der Waals surface area (Å²) in [5.74, 6) is 0.0805. The molecule has 0 aromatic heterocycles. The van der Waals surface area contributed by atoms with Crippen LogP contribution in [-0.4, -0.2) is 29.4 Å². The molecule has 0 saturated carbocycles. The minimum atomic E-state index is 0.0805. The second-order valence-corrected chi connectivity index (χ2v) is 5.62. The lowest BCUT2D eigenvalue weighted by Gasteiger charge is -2.26. The van der Waals surface area contributed by atoms with Gasteiger partial charge in [0.1, 0.15) is 0 Å². The van der Waals surface area contributed by atoms with Crippen LogP contribution in [0.5, 0.6) is 0 Å². The van der Waals surface area contributed by atoms with E-state index in [1.807, 2.05) is 31.2 Å². The quantitative estimate of drug-likeness (QED) is 0.752.